The standard InChI is InChI=1S/C27H29N5O/c1-18-10-21(14-28-13-18)15-30-24-7-5-6-22(11-24)20(3)31-27-17-29-16-25(32-27)23-9-8-19(2)26(12-23)33-4/h5-14,16-17,20,30H,15H2,1-4H3,(H,31,32)/t20-/m0/s1. The monoisotopic (exact) mass is 439 g/mol. The van der Waals surface area contributed by atoms with Crippen LogP contribution in [-0.4, -0.2) is 22.1 Å². The van der Waals surface area contributed by atoms with Crippen molar-refractivity contribution in [2.24, 2.45) is 0 Å². The zero-order valence-corrected chi connectivity index (χ0v) is 19.5. The molecule has 0 unspecified atom stereocenters. The zero-order chi connectivity index (χ0) is 23.2. The SMILES string of the molecule is COc1cc(-c2cncc(N[C@@H](C)c3cccc(NCc4cncc(C)c4)c3)n2)ccc1C. The highest BCUT2D eigenvalue weighted by atomic mass is 16.5. The summed E-state index contributed by atoms with van der Waals surface area (Å²) in [6.45, 7) is 6.92. The van der Waals surface area contributed by atoms with Crippen molar-refractivity contribution >= 4 is 11.5 Å². The maximum atomic E-state index is 5.45. The van der Waals surface area contributed by atoms with E-state index in [1.807, 2.05) is 37.5 Å². The number of rotatable bonds is 8. The first-order valence-electron chi connectivity index (χ1n) is 11.0. The summed E-state index contributed by atoms with van der Waals surface area (Å²) >= 11 is 0. The molecule has 6 nitrogen and oxygen atoms in total. The number of benzene rings is 2. The van der Waals surface area contributed by atoms with Gasteiger partial charge in [-0.15, -0.1) is 0 Å². The van der Waals surface area contributed by atoms with Gasteiger partial charge in [0.2, 0.25) is 0 Å². The Morgan fingerprint density at radius 2 is 1.79 bits per heavy atom. The number of aromatic nitrogens is 3. The van der Waals surface area contributed by atoms with Crippen molar-refractivity contribution in [2.45, 2.75) is 33.4 Å². The number of pyridine rings is 1. The molecule has 2 aromatic carbocycles. The second-order valence-electron chi connectivity index (χ2n) is 8.19. The lowest BCUT2D eigenvalue weighted by Crippen LogP contribution is -2.09. The van der Waals surface area contributed by atoms with Crippen LogP contribution in [0.15, 0.2) is 73.3 Å². The summed E-state index contributed by atoms with van der Waals surface area (Å²) in [6.07, 6.45) is 7.27. The maximum absolute atomic E-state index is 5.45. The van der Waals surface area contributed by atoms with Crippen LogP contribution in [0.1, 0.15) is 35.2 Å². The van der Waals surface area contributed by atoms with E-state index in [0.717, 1.165) is 57.3 Å². The van der Waals surface area contributed by atoms with Crippen molar-refractivity contribution in [2.75, 3.05) is 17.7 Å². The van der Waals surface area contributed by atoms with Gasteiger partial charge in [-0.1, -0.05) is 30.3 Å². The first-order valence-corrected chi connectivity index (χ1v) is 11.0. The van der Waals surface area contributed by atoms with E-state index >= 15 is 0 Å². The number of methoxy groups -OCH3 is 1. The predicted octanol–water partition coefficient (Wildman–Crippen LogP) is 5.95. The van der Waals surface area contributed by atoms with Gasteiger partial charge in [-0.25, -0.2) is 4.98 Å². The van der Waals surface area contributed by atoms with Crippen molar-refractivity contribution in [1.82, 2.24) is 15.0 Å². The Kier molecular flexibility index (Phi) is 6.83. The third-order valence-electron chi connectivity index (χ3n) is 5.52. The zero-order valence-electron chi connectivity index (χ0n) is 19.5. The summed E-state index contributed by atoms with van der Waals surface area (Å²) in [4.78, 5) is 13.4. The quantitative estimate of drug-likeness (QED) is 0.353. The van der Waals surface area contributed by atoms with E-state index < -0.39 is 0 Å². The van der Waals surface area contributed by atoms with E-state index in [1.165, 1.54) is 0 Å². The van der Waals surface area contributed by atoms with Crippen LogP contribution in [-0.2, 0) is 6.54 Å². The molecule has 2 aromatic heterocycles. The van der Waals surface area contributed by atoms with Crippen LogP contribution in [0.25, 0.3) is 11.3 Å². The molecule has 2 heterocycles. The van der Waals surface area contributed by atoms with Crippen LogP contribution in [0, 0.1) is 13.8 Å². The normalized spacial score (nSPS) is 11.6. The van der Waals surface area contributed by atoms with E-state index in [2.05, 4.69) is 64.8 Å². The molecule has 4 rings (SSSR count). The number of nitrogens with zero attached hydrogens (tertiary/aromatic N) is 3. The molecule has 0 radical (unpaired) electrons. The summed E-state index contributed by atoms with van der Waals surface area (Å²) in [6, 6.07) is 16.7. The fourth-order valence-electron chi connectivity index (χ4n) is 3.70. The predicted molar refractivity (Wildman–Crippen MR) is 134 cm³/mol. The number of anilines is 2. The number of hydrogen-bond acceptors (Lipinski definition) is 6. The molecule has 1 atom stereocenters. The molecule has 0 aliphatic rings. The van der Waals surface area contributed by atoms with Crippen LogP contribution in [0.2, 0.25) is 0 Å². The molecule has 0 bridgehead atoms. The molecule has 0 spiro atoms. The Morgan fingerprint density at radius 1 is 0.939 bits per heavy atom. The van der Waals surface area contributed by atoms with Crippen LogP contribution in [0.3, 0.4) is 0 Å². The Labute approximate surface area is 195 Å². The third kappa shape index (κ3) is 5.66. The van der Waals surface area contributed by atoms with Crippen molar-refractivity contribution in [3.05, 3.63) is 95.6 Å². The second kappa shape index (κ2) is 10.1. The van der Waals surface area contributed by atoms with Gasteiger partial charge in [-0.3, -0.25) is 9.97 Å². The Morgan fingerprint density at radius 3 is 2.61 bits per heavy atom. The second-order valence-corrected chi connectivity index (χ2v) is 8.19. The lowest BCUT2D eigenvalue weighted by Gasteiger charge is -2.17. The number of aryl methyl sites for hydroxylation is 2. The largest absolute Gasteiger partial charge is 0.496 e. The van der Waals surface area contributed by atoms with E-state index in [0.29, 0.717) is 0 Å². The molecule has 0 aliphatic carbocycles. The van der Waals surface area contributed by atoms with Gasteiger partial charge in [0, 0.05) is 30.2 Å². The van der Waals surface area contributed by atoms with Gasteiger partial charge >= 0.3 is 0 Å². The van der Waals surface area contributed by atoms with Gasteiger partial charge in [0.15, 0.2) is 0 Å². The molecule has 33 heavy (non-hydrogen) atoms. The summed E-state index contributed by atoms with van der Waals surface area (Å²) < 4.78 is 5.45. The van der Waals surface area contributed by atoms with Gasteiger partial charge in [-0.2, -0.15) is 0 Å². The van der Waals surface area contributed by atoms with E-state index in [1.54, 1.807) is 19.5 Å². The summed E-state index contributed by atoms with van der Waals surface area (Å²) in [7, 11) is 1.68. The first-order chi connectivity index (χ1) is 16.0. The first kappa shape index (κ1) is 22.3. The molecular formula is C27H29N5O. The minimum atomic E-state index is 0.0597. The van der Waals surface area contributed by atoms with Crippen molar-refractivity contribution < 1.29 is 4.74 Å². The van der Waals surface area contributed by atoms with E-state index in [9.17, 15) is 0 Å². The molecule has 0 fully saturated rings. The fourth-order valence-corrected chi connectivity index (χ4v) is 3.70. The lowest BCUT2D eigenvalue weighted by molar-refractivity contribution is 0.412. The average molecular weight is 440 g/mol. The maximum Gasteiger partial charge on any atom is 0.145 e. The molecule has 0 saturated carbocycles. The van der Waals surface area contributed by atoms with Gasteiger partial charge in [0.05, 0.1) is 31.2 Å². The van der Waals surface area contributed by atoms with Crippen LogP contribution in [0.5, 0.6) is 5.75 Å². The summed E-state index contributed by atoms with van der Waals surface area (Å²) in [5.74, 6) is 1.57. The minimum Gasteiger partial charge on any atom is -0.496 e. The Hall–Kier alpha value is -3.93. The average Bonchev–Trinajstić information content (AvgIpc) is 2.83. The smallest absolute Gasteiger partial charge is 0.145 e. The summed E-state index contributed by atoms with van der Waals surface area (Å²) in [5, 5.41) is 6.96. The molecule has 6 heteroatoms. The van der Waals surface area contributed by atoms with Crippen molar-refractivity contribution in [1.29, 1.82) is 0 Å². The van der Waals surface area contributed by atoms with Gasteiger partial charge in [0.1, 0.15) is 11.6 Å². The molecular weight excluding hydrogens is 410 g/mol. The Bertz CT molecular complexity index is 1240. The van der Waals surface area contributed by atoms with E-state index in [-0.39, 0.29) is 6.04 Å². The van der Waals surface area contributed by atoms with E-state index in [4.69, 9.17) is 9.72 Å². The van der Waals surface area contributed by atoms with Crippen LogP contribution < -0.4 is 15.4 Å². The molecule has 2 N–H and O–H groups in total. The van der Waals surface area contributed by atoms with Gasteiger partial charge in [-0.05, 0) is 61.2 Å². The van der Waals surface area contributed by atoms with Crippen molar-refractivity contribution in [3.8, 4) is 17.0 Å². The molecule has 0 aliphatic heterocycles. The molecule has 0 saturated heterocycles. The fraction of sp³-hybridized carbons (Fsp3) is 0.222. The highest BCUT2D eigenvalue weighted by Crippen LogP contribution is 2.27. The lowest BCUT2D eigenvalue weighted by atomic mass is 10.1. The molecule has 168 valence electrons. The number of ether oxygens (including phenoxy) is 1. The Balaban J connectivity index is 1.45. The highest BCUT2D eigenvalue weighted by molar-refractivity contribution is 5.63. The third-order valence-corrected chi connectivity index (χ3v) is 5.52. The van der Waals surface area contributed by atoms with Crippen molar-refractivity contribution in [3.63, 3.8) is 0 Å². The number of nitrogens with one attached hydrogen (secondary N) is 2. The molecule has 4 aromatic rings. The number of hydrogen-bond donors (Lipinski definition) is 2. The van der Waals surface area contributed by atoms with Crippen LogP contribution in [0.4, 0.5) is 11.5 Å². The molecule has 0 amide bonds. The topological polar surface area (TPSA) is 72.0 Å². The minimum absolute atomic E-state index is 0.0597. The van der Waals surface area contributed by atoms with Gasteiger partial charge < -0.3 is 15.4 Å². The summed E-state index contributed by atoms with van der Waals surface area (Å²) in [5.41, 5.74) is 7.40. The van der Waals surface area contributed by atoms with Gasteiger partial charge in [0.25, 0.3) is 0 Å². The highest BCUT2D eigenvalue weighted by Gasteiger charge is 2.10. The van der Waals surface area contributed by atoms with Crippen LogP contribution >= 0.6 is 0 Å².